The maximum absolute atomic E-state index is 11.0. The van der Waals surface area contributed by atoms with Crippen LogP contribution in [-0.2, 0) is 0 Å². The van der Waals surface area contributed by atoms with Crippen molar-refractivity contribution in [3.8, 4) is 0 Å². The molecule has 0 amide bonds. The standard InChI is InChI=1S/C22H36N6O/c1-8-14-21(26(16-10-3)17-11-4)24-20(23)27(18-12-5)22(15-9-2,25(7)29)28(21)19-13-6/h8-13,29H,1-6,14-19H2,7H3,(H2,23,24). The highest BCUT2D eigenvalue weighted by molar-refractivity contribution is 5.80. The monoisotopic (exact) mass is 400 g/mol. The Morgan fingerprint density at radius 3 is 1.90 bits per heavy atom. The van der Waals surface area contributed by atoms with E-state index in [-0.39, 0.29) is 5.96 Å². The second kappa shape index (κ2) is 10.9. The smallest absolute Gasteiger partial charge is 0.197 e. The van der Waals surface area contributed by atoms with Crippen molar-refractivity contribution in [3.63, 3.8) is 0 Å². The molecule has 160 valence electrons. The summed E-state index contributed by atoms with van der Waals surface area (Å²) in [4.78, 5) is 10.9. The Morgan fingerprint density at radius 2 is 1.48 bits per heavy atom. The van der Waals surface area contributed by atoms with Gasteiger partial charge in [0, 0.05) is 46.1 Å². The molecule has 1 aliphatic rings. The van der Waals surface area contributed by atoms with E-state index in [0.29, 0.717) is 39.0 Å². The van der Waals surface area contributed by atoms with E-state index in [1.807, 2.05) is 4.90 Å². The maximum atomic E-state index is 11.0. The van der Waals surface area contributed by atoms with Gasteiger partial charge in [-0.3, -0.25) is 4.90 Å². The summed E-state index contributed by atoms with van der Waals surface area (Å²) < 4.78 is 0. The summed E-state index contributed by atoms with van der Waals surface area (Å²) in [5.74, 6) is -1.73. The SMILES string of the molecule is C=CCN(CC=C)C1(CC=C)N=C(N)N(CC=C)C(CC=C)(N(C)O)N1CC=C. The molecule has 0 aliphatic carbocycles. The molecule has 0 saturated carbocycles. The minimum Gasteiger partial charge on any atom is -0.370 e. The molecule has 0 bridgehead atoms. The number of nitrogens with zero attached hydrogens (tertiary/aromatic N) is 5. The van der Waals surface area contributed by atoms with Crippen molar-refractivity contribution < 1.29 is 5.21 Å². The van der Waals surface area contributed by atoms with Crippen molar-refractivity contribution in [1.29, 1.82) is 0 Å². The van der Waals surface area contributed by atoms with E-state index in [4.69, 9.17) is 10.7 Å². The van der Waals surface area contributed by atoms with Crippen LogP contribution in [0.3, 0.4) is 0 Å². The van der Waals surface area contributed by atoms with Crippen LogP contribution >= 0.6 is 0 Å². The van der Waals surface area contributed by atoms with Crippen LogP contribution in [0.15, 0.2) is 80.9 Å². The zero-order chi connectivity index (χ0) is 22.1. The number of hydroxylamine groups is 2. The third-order valence-electron chi connectivity index (χ3n) is 5.05. The first-order valence-electron chi connectivity index (χ1n) is 9.60. The van der Waals surface area contributed by atoms with E-state index < -0.39 is 11.6 Å². The molecule has 0 spiro atoms. The first-order valence-corrected chi connectivity index (χ1v) is 9.60. The van der Waals surface area contributed by atoms with Crippen LogP contribution in [0.4, 0.5) is 0 Å². The lowest BCUT2D eigenvalue weighted by molar-refractivity contribution is -0.300. The van der Waals surface area contributed by atoms with Crippen LogP contribution in [0.5, 0.6) is 0 Å². The van der Waals surface area contributed by atoms with Gasteiger partial charge in [0.15, 0.2) is 17.5 Å². The normalized spacial score (nSPS) is 24.8. The van der Waals surface area contributed by atoms with Gasteiger partial charge >= 0.3 is 0 Å². The van der Waals surface area contributed by atoms with Gasteiger partial charge in [-0.25, -0.2) is 9.89 Å². The van der Waals surface area contributed by atoms with Gasteiger partial charge in [-0.05, 0) is 0 Å². The minimum atomic E-state index is -1.07. The lowest BCUT2D eigenvalue weighted by atomic mass is 10.0. The molecular weight excluding hydrogens is 364 g/mol. The number of hydrogen-bond acceptors (Lipinski definition) is 7. The number of rotatable bonds is 14. The molecule has 3 N–H and O–H groups in total. The van der Waals surface area contributed by atoms with Gasteiger partial charge in [-0.15, -0.1) is 39.5 Å². The zero-order valence-corrected chi connectivity index (χ0v) is 17.7. The Balaban J connectivity index is 3.97. The molecule has 0 saturated heterocycles. The summed E-state index contributed by atoms with van der Waals surface area (Å²) in [5.41, 5.74) is 6.49. The van der Waals surface area contributed by atoms with Crippen molar-refractivity contribution in [2.45, 2.75) is 24.4 Å². The molecule has 2 atom stereocenters. The van der Waals surface area contributed by atoms with Crippen molar-refractivity contribution in [3.05, 3.63) is 75.9 Å². The van der Waals surface area contributed by atoms with Gasteiger partial charge in [0.2, 0.25) is 0 Å². The van der Waals surface area contributed by atoms with Gasteiger partial charge in [-0.1, -0.05) is 36.5 Å². The topological polar surface area (TPSA) is 71.6 Å². The Hall–Kier alpha value is -2.45. The third-order valence-corrected chi connectivity index (χ3v) is 5.05. The lowest BCUT2D eigenvalue weighted by Gasteiger charge is -2.62. The van der Waals surface area contributed by atoms with Crippen LogP contribution in [0.2, 0.25) is 0 Å². The molecule has 0 aromatic heterocycles. The zero-order valence-electron chi connectivity index (χ0n) is 17.7. The summed E-state index contributed by atoms with van der Waals surface area (Å²) >= 11 is 0. The summed E-state index contributed by atoms with van der Waals surface area (Å²) in [6.45, 7) is 25.3. The van der Waals surface area contributed by atoms with E-state index in [1.165, 1.54) is 0 Å². The predicted molar refractivity (Wildman–Crippen MR) is 122 cm³/mol. The first-order chi connectivity index (χ1) is 13.9. The molecular formula is C22H36N6O. The van der Waals surface area contributed by atoms with Gasteiger partial charge < -0.3 is 15.8 Å². The van der Waals surface area contributed by atoms with Crippen LogP contribution in [0, 0.1) is 0 Å². The number of hydrogen-bond donors (Lipinski definition) is 2. The Bertz CT molecular complexity index is 648. The summed E-state index contributed by atoms with van der Waals surface area (Å²) in [6, 6.07) is 0. The van der Waals surface area contributed by atoms with Crippen molar-refractivity contribution in [1.82, 2.24) is 19.8 Å². The van der Waals surface area contributed by atoms with E-state index in [9.17, 15) is 5.21 Å². The Kier molecular flexibility index (Phi) is 9.26. The van der Waals surface area contributed by atoms with Gasteiger partial charge in [0.25, 0.3) is 0 Å². The molecule has 0 aromatic rings. The van der Waals surface area contributed by atoms with Crippen molar-refractivity contribution in [2.24, 2.45) is 10.7 Å². The molecule has 29 heavy (non-hydrogen) atoms. The number of aliphatic imine (C=N–C) groups is 1. The molecule has 2 unspecified atom stereocenters. The van der Waals surface area contributed by atoms with E-state index in [2.05, 4.69) is 49.3 Å². The van der Waals surface area contributed by atoms with Crippen LogP contribution in [-0.4, -0.2) is 75.7 Å². The summed E-state index contributed by atoms with van der Waals surface area (Å²) in [6.07, 6.45) is 11.5. The third kappa shape index (κ3) is 4.43. The average Bonchev–Trinajstić information content (AvgIpc) is 2.67. The van der Waals surface area contributed by atoms with Gasteiger partial charge in [-0.2, -0.15) is 5.06 Å². The van der Waals surface area contributed by atoms with Crippen molar-refractivity contribution in [2.75, 3.05) is 33.2 Å². The Labute approximate surface area is 175 Å². The fourth-order valence-corrected chi connectivity index (χ4v) is 4.00. The summed E-state index contributed by atoms with van der Waals surface area (Å²) in [5, 5.41) is 12.1. The molecule has 0 fully saturated rings. The lowest BCUT2D eigenvalue weighted by Crippen LogP contribution is -2.80. The molecule has 1 heterocycles. The van der Waals surface area contributed by atoms with Crippen molar-refractivity contribution >= 4 is 5.96 Å². The second-order valence-corrected chi connectivity index (χ2v) is 6.81. The van der Waals surface area contributed by atoms with Crippen LogP contribution in [0.1, 0.15) is 12.8 Å². The molecule has 1 aliphatic heterocycles. The molecule has 7 heteroatoms. The van der Waals surface area contributed by atoms with E-state index in [0.717, 1.165) is 5.06 Å². The highest BCUT2D eigenvalue weighted by Crippen LogP contribution is 2.42. The number of nitrogens with two attached hydrogens (primary N) is 1. The molecule has 7 nitrogen and oxygen atoms in total. The Morgan fingerprint density at radius 1 is 0.931 bits per heavy atom. The van der Waals surface area contributed by atoms with E-state index in [1.54, 1.807) is 43.5 Å². The minimum absolute atomic E-state index is 0.285. The van der Waals surface area contributed by atoms with Crippen LogP contribution in [0.25, 0.3) is 0 Å². The second-order valence-electron chi connectivity index (χ2n) is 6.81. The van der Waals surface area contributed by atoms with Gasteiger partial charge in [0.05, 0.1) is 0 Å². The fourth-order valence-electron chi connectivity index (χ4n) is 4.00. The molecule has 0 aromatic carbocycles. The average molecular weight is 401 g/mol. The van der Waals surface area contributed by atoms with Gasteiger partial charge in [0.1, 0.15) is 0 Å². The predicted octanol–water partition coefficient (Wildman–Crippen LogP) is 2.75. The highest BCUT2D eigenvalue weighted by atomic mass is 16.5. The largest absolute Gasteiger partial charge is 0.370 e. The fraction of sp³-hybridized carbons (Fsp3) is 0.409. The quantitative estimate of drug-likeness (QED) is 0.345. The van der Waals surface area contributed by atoms with E-state index >= 15 is 0 Å². The molecule has 1 rings (SSSR count). The number of guanidine groups is 1. The maximum Gasteiger partial charge on any atom is 0.197 e. The highest BCUT2D eigenvalue weighted by Gasteiger charge is 2.58. The molecule has 0 radical (unpaired) electrons. The summed E-state index contributed by atoms with van der Waals surface area (Å²) in [7, 11) is 1.60. The van der Waals surface area contributed by atoms with Crippen LogP contribution < -0.4 is 5.73 Å². The first kappa shape index (κ1) is 24.6.